The van der Waals surface area contributed by atoms with Gasteiger partial charge in [-0.1, -0.05) is 38.1 Å². The van der Waals surface area contributed by atoms with Crippen molar-refractivity contribution >= 4 is 11.7 Å². The van der Waals surface area contributed by atoms with Crippen LogP contribution in [0.1, 0.15) is 63.6 Å². The van der Waals surface area contributed by atoms with Gasteiger partial charge in [0.15, 0.2) is 0 Å². The molecule has 2 aliphatic carbocycles. The second-order valence-electron chi connectivity index (χ2n) is 7.04. The molecular formula is C18H23NO2. The van der Waals surface area contributed by atoms with Crippen LogP contribution in [0.3, 0.4) is 0 Å². The molecule has 0 saturated heterocycles. The molecule has 0 bridgehead atoms. The summed E-state index contributed by atoms with van der Waals surface area (Å²) in [5, 5.41) is 3.18. The van der Waals surface area contributed by atoms with Crippen LogP contribution in [0.4, 0.5) is 0 Å². The van der Waals surface area contributed by atoms with Crippen molar-refractivity contribution in [2.45, 2.75) is 57.9 Å². The molecule has 1 spiro atoms. The number of amides is 1. The summed E-state index contributed by atoms with van der Waals surface area (Å²) in [5.41, 5.74) is 2.47. The Morgan fingerprint density at radius 3 is 2.43 bits per heavy atom. The highest BCUT2D eigenvalue weighted by molar-refractivity contribution is 5.80. The van der Waals surface area contributed by atoms with Gasteiger partial charge in [-0.25, -0.2) is 0 Å². The molecule has 1 fully saturated rings. The standard InChI is InChI=1S/C18H23NO2/c1-12(20)19-16-14-6-4-5-7-15(14)17(2,3)18(16)10-8-13(21)9-11-18/h4-7,16H,8-11H2,1-3H3,(H,19,20)/t16-/m0/s1. The SMILES string of the molecule is CC(=O)N[C@H]1c2ccccc2C(C)(C)C12CCC(=O)CC2. The van der Waals surface area contributed by atoms with E-state index in [9.17, 15) is 9.59 Å². The van der Waals surface area contributed by atoms with E-state index in [2.05, 4.69) is 37.4 Å². The lowest BCUT2D eigenvalue weighted by molar-refractivity contribution is -0.125. The number of ketones is 1. The second-order valence-corrected chi connectivity index (χ2v) is 7.04. The topological polar surface area (TPSA) is 46.2 Å². The van der Waals surface area contributed by atoms with Gasteiger partial charge in [0.2, 0.25) is 5.91 Å². The van der Waals surface area contributed by atoms with E-state index >= 15 is 0 Å². The fourth-order valence-corrected chi connectivity index (χ4v) is 4.55. The van der Waals surface area contributed by atoms with Gasteiger partial charge < -0.3 is 5.32 Å². The van der Waals surface area contributed by atoms with Crippen molar-refractivity contribution < 1.29 is 9.59 Å². The maximum absolute atomic E-state index is 11.7. The largest absolute Gasteiger partial charge is 0.349 e. The van der Waals surface area contributed by atoms with Crippen LogP contribution in [0.25, 0.3) is 0 Å². The normalized spacial score (nSPS) is 25.7. The maximum atomic E-state index is 11.7. The van der Waals surface area contributed by atoms with Gasteiger partial charge in [-0.3, -0.25) is 9.59 Å². The molecule has 0 aromatic heterocycles. The Balaban J connectivity index is 2.13. The van der Waals surface area contributed by atoms with Crippen LogP contribution in [-0.2, 0) is 15.0 Å². The number of carbonyl (C=O) groups is 2. The van der Waals surface area contributed by atoms with Gasteiger partial charge in [-0.15, -0.1) is 0 Å². The Morgan fingerprint density at radius 1 is 1.19 bits per heavy atom. The van der Waals surface area contributed by atoms with Crippen molar-refractivity contribution in [3.8, 4) is 0 Å². The molecule has 1 aromatic rings. The predicted molar refractivity (Wildman–Crippen MR) is 81.9 cm³/mol. The first-order valence-electron chi connectivity index (χ1n) is 7.77. The van der Waals surface area contributed by atoms with E-state index in [1.54, 1.807) is 6.92 Å². The van der Waals surface area contributed by atoms with E-state index < -0.39 is 0 Å². The summed E-state index contributed by atoms with van der Waals surface area (Å²) in [4.78, 5) is 23.5. The van der Waals surface area contributed by atoms with Gasteiger partial charge in [0.05, 0.1) is 6.04 Å². The predicted octanol–water partition coefficient (Wildman–Crippen LogP) is 3.28. The molecular weight excluding hydrogens is 262 g/mol. The molecule has 0 unspecified atom stereocenters. The Labute approximate surface area is 126 Å². The summed E-state index contributed by atoms with van der Waals surface area (Å²) in [6.45, 7) is 6.11. The highest BCUT2D eigenvalue weighted by Crippen LogP contribution is 2.63. The number of fused-ring (bicyclic) bond motifs is 1. The van der Waals surface area contributed by atoms with Crippen molar-refractivity contribution in [2.75, 3.05) is 0 Å². The zero-order valence-electron chi connectivity index (χ0n) is 13.0. The first kappa shape index (κ1) is 14.3. The molecule has 0 radical (unpaired) electrons. The summed E-state index contributed by atoms with van der Waals surface area (Å²) in [7, 11) is 0. The van der Waals surface area contributed by atoms with Crippen molar-refractivity contribution in [1.82, 2.24) is 5.32 Å². The summed E-state index contributed by atoms with van der Waals surface area (Å²) < 4.78 is 0. The van der Waals surface area contributed by atoms with Crippen molar-refractivity contribution in [3.05, 3.63) is 35.4 Å². The number of hydrogen-bond acceptors (Lipinski definition) is 2. The third-order valence-electron chi connectivity index (χ3n) is 5.79. The fourth-order valence-electron chi connectivity index (χ4n) is 4.55. The van der Waals surface area contributed by atoms with Crippen LogP contribution < -0.4 is 5.32 Å². The Morgan fingerprint density at radius 2 is 1.81 bits per heavy atom. The van der Waals surface area contributed by atoms with E-state index in [0.29, 0.717) is 18.6 Å². The summed E-state index contributed by atoms with van der Waals surface area (Å²) in [6, 6.07) is 8.43. The molecule has 3 rings (SSSR count). The molecule has 1 amide bonds. The van der Waals surface area contributed by atoms with Gasteiger partial charge in [-0.05, 0) is 29.4 Å². The molecule has 0 aliphatic heterocycles. The molecule has 2 aliphatic rings. The minimum absolute atomic E-state index is 0.00350. The number of carbonyl (C=O) groups excluding carboxylic acids is 2. The van der Waals surface area contributed by atoms with Crippen LogP contribution in [0, 0.1) is 5.41 Å². The lowest BCUT2D eigenvalue weighted by Crippen LogP contribution is -2.48. The number of nitrogens with one attached hydrogen (secondary N) is 1. The van der Waals surface area contributed by atoms with Gasteiger partial charge in [0, 0.05) is 25.2 Å². The first-order chi connectivity index (χ1) is 9.88. The number of Topliss-reactive ketones (excluding diaryl/α,β-unsaturated/α-hetero) is 1. The monoisotopic (exact) mass is 285 g/mol. The Bertz CT molecular complexity index is 593. The molecule has 1 N–H and O–H groups in total. The first-order valence-corrected chi connectivity index (χ1v) is 7.77. The summed E-state index contributed by atoms with van der Waals surface area (Å²) >= 11 is 0. The summed E-state index contributed by atoms with van der Waals surface area (Å²) in [6.07, 6.45) is 2.98. The number of benzene rings is 1. The number of rotatable bonds is 1. The average molecular weight is 285 g/mol. The van der Waals surface area contributed by atoms with Crippen LogP contribution >= 0.6 is 0 Å². The lowest BCUT2D eigenvalue weighted by Gasteiger charge is -2.48. The molecule has 3 heteroatoms. The zero-order valence-corrected chi connectivity index (χ0v) is 13.0. The van der Waals surface area contributed by atoms with E-state index in [1.807, 2.05) is 6.07 Å². The summed E-state index contributed by atoms with van der Waals surface area (Å²) in [5.74, 6) is 0.359. The lowest BCUT2D eigenvalue weighted by atomic mass is 9.57. The zero-order chi connectivity index (χ0) is 15.3. The fraction of sp³-hybridized carbons (Fsp3) is 0.556. The quantitative estimate of drug-likeness (QED) is 0.860. The van der Waals surface area contributed by atoms with Crippen LogP contribution in [0.2, 0.25) is 0 Å². The van der Waals surface area contributed by atoms with Crippen molar-refractivity contribution in [3.63, 3.8) is 0 Å². The number of hydrogen-bond donors (Lipinski definition) is 1. The Hall–Kier alpha value is -1.64. The second kappa shape index (κ2) is 4.69. The van der Waals surface area contributed by atoms with Gasteiger partial charge in [0.25, 0.3) is 0 Å². The molecule has 3 nitrogen and oxygen atoms in total. The minimum atomic E-state index is -0.0454. The van der Waals surface area contributed by atoms with Crippen molar-refractivity contribution in [2.24, 2.45) is 5.41 Å². The molecule has 1 atom stereocenters. The van der Waals surface area contributed by atoms with E-state index in [1.165, 1.54) is 11.1 Å². The third-order valence-corrected chi connectivity index (χ3v) is 5.79. The Kier molecular flexibility index (Phi) is 3.19. The molecule has 1 saturated carbocycles. The highest BCUT2D eigenvalue weighted by atomic mass is 16.1. The van der Waals surface area contributed by atoms with E-state index in [4.69, 9.17) is 0 Å². The van der Waals surface area contributed by atoms with Gasteiger partial charge in [-0.2, -0.15) is 0 Å². The maximum Gasteiger partial charge on any atom is 0.217 e. The molecule has 1 aromatic carbocycles. The average Bonchev–Trinajstić information content (AvgIpc) is 2.61. The molecule has 112 valence electrons. The molecule has 21 heavy (non-hydrogen) atoms. The van der Waals surface area contributed by atoms with Crippen molar-refractivity contribution in [1.29, 1.82) is 0 Å². The van der Waals surface area contributed by atoms with Crippen LogP contribution in [0.15, 0.2) is 24.3 Å². The third kappa shape index (κ3) is 1.94. The van der Waals surface area contributed by atoms with Crippen LogP contribution in [0.5, 0.6) is 0 Å². The van der Waals surface area contributed by atoms with Crippen LogP contribution in [-0.4, -0.2) is 11.7 Å². The van der Waals surface area contributed by atoms with Gasteiger partial charge >= 0.3 is 0 Å². The highest BCUT2D eigenvalue weighted by Gasteiger charge is 2.58. The smallest absolute Gasteiger partial charge is 0.217 e. The van der Waals surface area contributed by atoms with Gasteiger partial charge in [0.1, 0.15) is 5.78 Å². The van der Waals surface area contributed by atoms with E-state index in [0.717, 1.165) is 12.8 Å². The minimum Gasteiger partial charge on any atom is -0.349 e. The van der Waals surface area contributed by atoms with E-state index in [-0.39, 0.29) is 22.8 Å². The molecule has 0 heterocycles.